The predicted molar refractivity (Wildman–Crippen MR) is 95.9 cm³/mol. The zero-order valence-electron chi connectivity index (χ0n) is 16.4. The van der Waals surface area contributed by atoms with Crippen molar-refractivity contribution in [2.75, 3.05) is 6.61 Å². The summed E-state index contributed by atoms with van der Waals surface area (Å²) in [6.45, 7) is 18.1. The number of carbonyl (C=O) groups excluding carboxylic acids is 1. The molecule has 2 nitrogen and oxygen atoms in total. The van der Waals surface area contributed by atoms with Crippen LogP contribution < -0.4 is 0 Å². The molecule has 2 heteroatoms. The van der Waals surface area contributed by atoms with Gasteiger partial charge in [-0.1, -0.05) is 67.7 Å². The third kappa shape index (κ3) is 8.80. The van der Waals surface area contributed by atoms with E-state index in [0.717, 1.165) is 19.3 Å². The van der Waals surface area contributed by atoms with Crippen molar-refractivity contribution in [1.29, 1.82) is 0 Å². The number of ether oxygens (including phenoxy) is 1. The molecule has 0 aromatic carbocycles. The van der Waals surface area contributed by atoms with Crippen molar-refractivity contribution < 1.29 is 9.53 Å². The van der Waals surface area contributed by atoms with Crippen molar-refractivity contribution in [3.8, 4) is 0 Å². The third-order valence-electron chi connectivity index (χ3n) is 4.27. The average molecular weight is 313 g/mol. The van der Waals surface area contributed by atoms with Gasteiger partial charge in [0.25, 0.3) is 0 Å². The van der Waals surface area contributed by atoms with Crippen molar-refractivity contribution in [2.45, 2.75) is 93.9 Å². The fourth-order valence-electron chi connectivity index (χ4n) is 3.57. The SMILES string of the molecule is CCCCC(CC)COC(=O)C(C)(CC(C)C)CC(C)(C)C. The topological polar surface area (TPSA) is 26.3 Å². The molecule has 0 spiro atoms. The van der Waals surface area contributed by atoms with Gasteiger partial charge in [-0.05, 0) is 43.4 Å². The van der Waals surface area contributed by atoms with Crippen molar-refractivity contribution in [2.24, 2.45) is 22.7 Å². The first kappa shape index (κ1) is 21.5. The van der Waals surface area contributed by atoms with Crippen LogP contribution in [0.4, 0.5) is 0 Å². The Morgan fingerprint density at radius 1 is 1.09 bits per heavy atom. The van der Waals surface area contributed by atoms with Gasteiger partial charge < -0.3 is 4.74 Å². The highest BCUT2D eigenvalue weighted by molar-refractivity contribution is 5.76. The highest BCUT2D eigenvalue weighted by Crippen LogP contribution is 2.39. The van der Waals surface area contributed by atoms with Crippen molar-refractivity contribution >= 4 is 5.97 Å². The summed E-state index contributed by atoms with van der Waals surface area (Å²) in [5, 5.41) is 0. The minimum Gasteiger partial charge on any atom is -0.465 e. The van der Waals surface area contributed by atoms with Crippen LogP contribution in [0.15, 0.2) is 0 Å². The fourth-order valence-corrected chi connectivity index (χ4v) is 3.57. The van der Waals surface area contributed by atoms with Gasteiger partial charge in [-0.25, -0.2) is 0 Å². The molecule has 0 saturated heterocycles. The molecule has 0 amide bonds. The van der Waals surface area contributed by atoms with Crippen LogP contribution in [0, 0.1) is 22.7 Å². The van der Waals surface area contributed by atoms with E-state index in [9.17, 15) is 4.79 Å². The van der Waals surface area contributed by atoms with Crippen LogP contribution in [0.5, 0.6) is 0 Å². The van der Waals surface area contributed by atoms with Crippen LogP contribution in [0.3, 0.4) is 0 Å². The molecule has 0 aromatic heterocycles. The number of unbranched alkanes of at least 4 members (excludes halogenated alkanes) is 1. The van der Waals surface area contributed by atoms with Gasteiger partial charge in [-0.3, -0.25) is 4.79 Å². The maximum atomic E-state index is 12.8. The Balaban J connectivity index is 4.75. The lowest BCUT2D eigenvalue weighted by atomic mass is 9.71. The first-order valence-electron chi connectivity index (χ1n) is 9.21. The second-order valence-corrected chi connectivity index (χ2v) is 8.91. The van der Waals surface area contributed by atoms with Crippen molar-refractivity contribution in [3.05, 3.63) is 0 Å². The molecule has 0 N–H and O–H groups in total. The Kier molecular flexibility index (Phi) is 9.34. The van der Waals surface area contributed by atoms with E-state index in [1.807, 2.05) is 0 Å². The summed E-state index contributed by atoms with van der Waals surface area (Å²) in [6.07, 6.45) is 6.46. The van der Waals surface area contributed by atoms with Crippen LogP contribution >= 0.6 is 0 Å². The van der Waals surface area contributed by atoms with E-state index in [-0.39, 0.29) is 16.8 Å². The number of hydrogen-bond acceptors (Lipinski definition) is 2. The molecule has 0 aliphatic rings. The minimum atomic E-state index is -0.366. The van der Waals surface area contributed by atoms with Gasteiger partial charge in [0.15, 0.2) is 0 Å². The molecule has 0 aliphatic heterocycles. The zero-order valence-corrected chi connectivity index (χ0v) is 16.4. The number of rotatable bonds is 10. The molecule has 0 aliphatic carbocycles. The molecular formula is C20H40O2. The lowest BCUT2D eigenvalue weighted by molar-refractivity contribution is -0.159. The maximum Gasteiger partial charge on any atom is 0.311 e. The molecule has 0 radical (unpaired) electrons. The summed E-state index contributed by atoms with van der Waals surface area (Å²) < 4.78 is 5.77. The van der Waals surface area contributed by atoms with E-state index >= 15 is 0 Å². The van der Waals surface area contributed by atoms with Crippen LogP contribution in [0.1, 0.15) is 93.9 Å². The van der Waals surface area contributed by atoms with Crippen LogP contribution in [-0.4, -0.2) is 12.6 Å². The molecule has 0 rings (SSSR count). The predicted octanol–water partition coefficient (Wildman–Crippen LogP) is 6.23. The third-order valence-corrected chi connectivity index (χ3v) is 4.27. The van der Waals surface area contributed by atoms with Crippen molar-refractivity contribution in [1.82, 2.24) is 0 Å². The molecule has 2 unspecified atom stereocenters. The summed E-state index contributed by atoms with van der Waals surface area (Å²) in [5.74, 6) is 1.02. The summed E-state index contributed by atoms with van der Waals surface area (Å²) >= 11 is 0. The zero-order chi connectivity index (χ0) is 17.4. The second kappa shape index (κ2) is 9.57. The van der Waals surface area contributed by atoms with E-state index in [1.165, 1.54) is 19.3 Å². The van der Waals surface area contributed by atoms with E-state index in [2.05, 4.69) is 55.4 Å². The summed E-state index contributed by atoms with van der Waals surface area (Å²) in [4.78, 5) is 12.8. The number of hydrogen-bond donors (Lipinski definition) is 0. The summed E-state index contributed by atoms with van der Waals surface area (Å²) in [5.41, 5.74) is -0.232. The summed E-state index contributed by atoms with van der Waals surface area (Å²) in [6, 6.07) is 0. The highest BCUT2D eigenvalue weighted by atomic mass is 16.5. The highest BCUT2D eigenvalue weighted by Gasteiger charge is 2.39. The van der Waals surface area contributed by atoms with Crippen LogP contribution in [0.2, 0.25) is 0 Å². The Bertz CT molecular complexity index is 314. The Labute approximate surface area is 139 Å². The number of esters is 1. The van der Waals surface area contributed by atoms with Gasteiger partial charge >= 0.3 is 5.97 Å². The van der Waals surface area contributed by atoms with E-state index in [1.54, 1.807) is 0 Å². The van der Waals surface area contributed by atoms with E-state index in [0.29, 0.717) is 18.4 Å². The molecule has 0 fully saturated rings. The second-order valence-electron chi connectivity index (χ2n) is 8.91. The summed E-state index contributed by atoms with van der Waals surface area (Å²) in [7, 11) is 0. The maximum absolute atomic E-state index is 12.8. The number of carbonyl (C=O) groups is 1. The molecule has 0 heterocycles. The van der Waals surface area contributed by atoms with Gasteiger partial charge in [0, 0.05) is 0 Å². The minimum absolute atomic E-state index is 0.00562. The molecule has 0 saturated carbocycles. The molecular weight excluding hydrogens is 272 g/mol. The molecule has 22 heavy (non-hydrogen) atoms. The van der Waals surface area contributed by atoms with Gasteiger partial charge in [0.1, 0.15) is 0 Å². The largest absolute Gasteiger partial charge is 0.465 e. The fraction of sp³-hybridized carbons (Fsp3) is 0.950. The van der Waals surface area contributed by atoms with Gasteiger partial charge in [-0.15, -0.1) is 0 Å². The lowest BCUT2D eigenvalue weighted by Crippen LogP contribution is -2.36. The van der Waals surface area contributed by atoms with Crippen molar-refractivity contribution in [3.63, 3.8) is 0 Å². The van der Waals surface area contributed by atoms with Crippen LogP contribution in [0.25, 0.3) is 0 Å². The van der Waals surface area contributed by atoms with Crippen LogP contribution in [-0.2, 0) is 9.53 Å². The van der Waals surface area contributed by atoms with Gasteiger partial charge in [0.2, 0.25) is 0 Å². The lowest BCUT2D eigenvalue weighted by Gasteiger charge is -2.35. The van der Waals surface area contributed by atoms with Gasteiger partial charge in [-0.2, -0.15) is 0 Å². The standard InChI is InChI=1S/C20H40O2/c1-9-11-12-17(10-2)14-22-18(21)20(8,13-16(3)4)15-19(5,6)7/h16-17H,9-15H2,1-8H3. The van der Waals surface area contributed by atoms with Gasteiger partial charge in [0.05, 0.1) is 12.0 Å². The Hall–Kier alpha value is -0.530. The molecule has 0 aromatic rings. The first-order valence-corrected chi connectivity index (χ1v) is 9.21. The van der Waals surface area contributed by atoms with E-state index < -0.39 is 0 Å². The monoisotopic (exact) mass is 312 g/mol. The van der Waals surface area contributed by atoms with E-state index in [4.69, 9.17) is 4.74 Å². The molecule has 2 atom stereocenters. The Morgan fingerprint density at radius 2 is 1.68 bits per heavy atom. The molecule has 132 valence electrons. The first-order chi connectivity index (χ1) is 10.0. The smallest absolute Gasteiger partial charge is 0.311 e. The quantitative estimate of drug-likeness (QED) is 0.447. The average Bonchev–Trinajstić information content (AvgIpc) is 2.35. The normalized spacial score (nSPS) is 16.4. The Morgan fingerprint density at radius 3 is 2.09 bits per heavy atom. The molecule has 0 bridgehead atoms.